The lowest BCUT2D eigenvalue weighted by molar-refractivity contribution is -0.156. The fourth-order valence-electron chi connectivity index (χ4n) is 1.34. The van der Waals surface area contributed by atoms with Gasteiger partial charge in [-0.3, -0.25) is 14.6 Å². The van der Waals surface area contributed by atoms with E-state index in [0.29, 0.717) is 0 Å². The van der Waals surface area contributed by atoms with E-state index in [1.807, 2.05) is 41.5 Å². The molecule has 0 saturated carbocycles. The van der Waals surface area contributed by atoms with E-state index in [9.17, 15) is 9.59 Å². The third kappa shape index (κ3) is 5.26. The van der Waals surface area contributed by atoms with Crippen molar-refractivity contribution in [2.45, 2.75) is 52.6 Å². The molecule has 0 saturated heterocycles. The molecule has 0 aromatic carbocycles. The number of ether oxygens (including phenoxy) is 1. The highest BCUT2D eigenvalue weighted by atomic mass is 16.5. The summed E-state index contributed by atoms with van der Waals surface area (Å²) in [6.07, 6.45) is 0. The van der Waals surface area contributed by atoms with E-state index in [1.54, 1.807) is 6.07 Å². The second-order valence-electron chi connectivity index (χ2n) is 6.29. The van der Waals surface area contributed by atoms with Crippen molar-refractivity contribution in [3.05, 3.63) is 0 Å². The van der Waals surface area contributed by atoms with Crippen LogP contribution in [0.15, 0.2) is 0 Å². The van der Waals surface area contributed by atoms with Crippen molar-refractivity contribution < 1.29 is 14.3 Å². The summed E-state index contributed by atoms with van der Waals surface area (Å²) in [5.74, 6) is -2.92. The highest BCUT2D eigenvalue weighted by Gasteiger charge is 2.38. The Morgan fingerprint density at radius 1 is 1.21 bits per heavy atom. The molecule has 0 aromatic heterocycles. The van der Waals surface area contributed by atoms with Crippen LogP contribution in [0.1, 0.15) is 41.5 Å². The van der Waals surface area contributed by atoms with Crippen LogP contribution in [0, 0.1) is 17.2 Å². The van der Waals surface area contributed by atoms with Gasteiger partial charge in [0.05, 0.1) is 18.7 Å². The van der Waals surface area contributed by atoms with Crippen LogP contribution in [0.3, 0.4) is 0 Å². The fraction of sp³-hybridized carbons (Fsp3) is 0.769. The van der Waals surface area contributed by atoms with Gasteiger partial charge in [-0.05, 0) is 41.5 Å². The second kappa shape index (κ2) is 6.02. The number of hydrogen-bond donors (Lipinski definition) is 1. The highest BCUT2D eigenvalue weighted by Crippen LogP contribution is 2.17. The third-order valence-electron chi connectivity index (χ3n) is 2.15. The molecule has 6 heteroatoms. The SMILES string of the molecule is COC(=O)C(C#N)C(=O)N(NC(C)(C)C)C(C)(C)C. The average molecular weight is 269 g/mol. The molecule has 0 bridgehead atoms. The van der Waals surface area contributed by atoms with Crippen LogP contribution in [-0.2, 0) is 14.3 Å². The van der Waals surface area contributed by atoms with Crippen molar-refractivity contribution in [2.24, 2.45) is 5.92 Å². The van der Waals surface area contributed by atoms with Gasteiger partial charge in [-0.25, -0.2) is 5.43 Å². The molecule has 0 spiro atoms. The lowest BCUT2D eigenvalue weighted by Crippen LogP contribution is -2.61. The third-order valence-corrected chi connectivity index (χ3v) is 2.15. The minimum absolute atomic E-state index is 0.376. The van der Waals surface area contributed by atoms with Gasteiger partial charge < -0.3 is 4.74 Å². The Balaban J connectivity index is 5.34. The van der Waals surface area contributed by atoms with Gasteiger partial charge in [0, 0.05) is 5.54 Å². The maximum atomic E-state index is 12.3. The number of carbonyl (C=O) groups is 2. The molecule has 1 amide bonds. The molecule has 6 nitrogen and oxygen atoms in total. The number of nitrogens with one attached hydrogen (secondary N) is 1. The van der Waals surface area contributed by atoms with Gasteiger partial charge in [-0.1, -0.05) is 0 Å². The molecule has 0 aliphatic heterocycles. The molecule has 0 radical (unpaired) electrons. The normalized spacial score (nSPS) is 13.4. The molecular weight excluding hydrogens is 246 g/mol. The van der Waals surface area contributed by atoms with Crippen molar-refractivity contribution in [2.75, 3.05) is 7.11 Å². The number of nitriles is 1. The number of methoxy groups -OCH3 is 1. The summed E-state index contributed by atoms with van der Waals surface area (Å²) in [6, 6.07) is 1.69. The standard InChI is InChI=1S/C13H23N3O3/c1-12(2,3)15-16(13(4,5)6)10(17)9(8-14)11(18)19-7/h9,15H,1-7H3. The smallest absolute Gasteiger partial charge is 0.332 e. The minimum atomic E-state index is -1.46. The molecule has 0 heterocycles. The first-order valence-electron chi connectivity index (χ1n) is 6.03. The molecule has 0 aliphatic rings. The number of rotatable bonds is 3. The van der Waals surface area contributed by atoms with Crippen LogP contribution in [0.25, 0.3) is 0 Å². The summed E-state index contributed by atoms with van der Waals surface area (Å²) in [7, 11) is 1.15. The molecule has 108 valence electrons. The number of esters is 1. The first-order valence-corrected chi connectivity index (χ1v) is 6.03. The molecule has 0 aliphatic carbocycles. The Labute approximate surface area is 114 Å². The number of hydrazine groups is 1. The molecule has 1 unspecified atom stereocenters. The Kier molecular flexibility index (Phi) is 5.51. The van der Waals surface area contributed by atoms with E-state index in [4.69, 9.17) is 5.26 Å². The molecule has 0 aromatic rings. The van der Waals surface area contributed by atoms with Gasteiger partial charge in [0.2, 0.25) is 5.92 Å². The Morgan fingerprint density at radius 3 is 1.95 bits per heavy atom. The highest BCUT2D eigenvalue weighted by molar-refractivity contribution is 6.00. The molecule has 0 rings (SSSR count). The van der Waals surface area contributed by atoms with Crippen LogP contribution >= 0.6 is 0 Å². The molecule has 19 heavy (non-hydrogen) atoms. The van der Waals surface area contributed by atoms with Crippen LogP contribution in [0.2, 0.25) is 0 Å². The van der Waals surface area contributed by atoms with Gasteiger partial charge in [0.1, 0.15) is 0 Å². The molecular formula is C13H23N3O3. The predicted molar refractivity (Wildman–Crippen MR) is 70.6 cm³/mol. The summed E-state index contributed by atoms with van der Waals surface area (Å²) < 4.78 is 4.48. The van der Waals surface area contributed by atoms with Gasteiger partial charge in [0.15, 0.2) is 0 Å². The number of carbonyl (C=O) groups excluding carboxylic acids is 2. The van der Waals surface area contributed by atoms with Crippen LogP contribution in [0.5, 0.6) is 0 Å². The van der Waals surface area contributed by atoms with Gasteiger partial charge in [0.25, 0.3) is 5.91 Å². The van der Waals surface area contributed by atoms with E-state index < -0.39 is 23.3 Å². The number of amides is 1. The number of hydrogen-bond acceptors (Lipinski definition) is 5. The lowest BCUT2D eigenvalue weighted by Gasteiger charge is -2.41. The van der Waals surface area contributed by atoms with E-state index in [2.05, 4.69) is 10.2 Å². The fourth-order valence-corrected chi connectivity index (χ4v) is 1.34. The topological polar surface area (TPSA) is 82.4 Å². The first-order chi connectivity index (χ1) is 8.44. The summed E-state index contributed by atoms with van der Waals surface area (Å²) in [5.41, 5.74) is 2.06. The zero-order valence-electron chi connectivity index (χ0n) is 12.7. The van der Waals surface area contributed by atoms with Crippen LogP contribution in [0.4, 0.5) is 0 Å². The average Bonchev–Trinajstić information content (AvgIpc) is 2.23. The molecule has 0 fully saturated rings. The van der Waals surface area contributed by atoms with Crippen LogP contribution < -0.4 is 5.43 Å². The van der Waals surface area contributed by atoms with E-state index in [-0.39, 0.29) is 5.54 Å². The monoisotopic (exact) mass is 269 g/mol. The number of nitrogens with zero attached hydrogens (tertiary/aromatic N) is 2. The first kappa shape index (κ1) is 17.4. The van der Waals surface area contributed by atoms with Gasteiger partial charge >= 0.3 is 5.97 Å². The van der Waals surface area contributed by atoms with Crippen molar-refractivity contribution in [1.29, 1.82) is 5.26 Å². The lowest BCUT2D eigenvalue weighted by atomic mass is 10.0. The molecule has 1 atom stereocenters. The minimum Gasteiger partial charge on any atom is -0.468 e. The Bertz CT molecular complexity index is 385. The summed E-state index contributed by atoms with van der Waals surface area (Å²) in [6.45, 7) is 11.1. The van der Waals surface area contributed by atoms with Gasteiger partial charge in [-0.2, -0.15) is 5.26 Å². The largest absolute Gasteiger partial charge is 0.468 e. The predicted octanol–water partition coefficient (Wildman–Crippen LogP) is 1.23. The Morgan fingerprint density at radius 2 is 1.68 bits per heavy atom. The van der Waals surface area contributed by atoms with Gasteiger partial charge in [-0.15, -0.1) is 0 Å². The summed E-state index contributed by atoms with van der Waals surface area (Å²) in [5, 5.41) is 10.3. The Hall–Kier alpha value is -1.61. The van der Waals surface area contributed by atoms with Crippen molar-refractivity contribution >= 4 is 11.9 Å². The van der Waals surface area contributed by atoms with E-state index in [0.717, 1.165) is 7.11 Å². The van der Waals surface area contributed by atoms with E-state index >= 15 is 0 Å². The maximum absolute atomic E-state index is 12.3. The summed E-state index contributed by atoms with van der Waals surface area (Å²) in [4.78, 5) is 23.8. The quantitative estimate of drug-likeness (QED) is 0.473. The summed E-state index contributed by atoms with van der Waals surface area (Å²) >= 11 is 0. The maximum Gasteiger partial charge on any atom is 0.332 e. The van der Waals surface area contributed by atoms with Crippen molar-refractivity contribution in [3.8, 4) is 6.07 Å². The van der Waals surface area contributed by atoms with Crippen LogP contribution in [-0.4, -0.2) is 35.1 Å². The second-order valence-corrected chi connectivity index (χ2v) is 6.29. The van der Waals surface area contributed by atoms with Crippen molar-refractivity contribution in [1.82, 2.24) is 10.4 Å². The molecule has 1 N–H and O–H groups in total. The van der Waals surface area contributed by atoms with Crippen molar-refractivity contribution in [3.63, 3.8) is 0 Å². The zero-order chi connectivity index (χ0) is 15.4. The zero-order valence-corrected chi connectivity index (χ0v) is 12.7. The van der Waals surface area contributed by atoms with E-state index in [1.165, 1.54) is 5.01 Å².